The average molecular weight is 318 g/mol. The van der Waals surface area contributed by atoms with Crippen molar-refractivity contribution in [1.82, 2.24) is 0 Å². The Labute approximate surface area is 112 Å². The standard InChI is InChI=1S/C11H12BrNO3S/c12-8-4-10-9(15-1-2-16-10)3-7(8)5-17-6-11(13)14/h3-4H,1-2,5-6H2,(H2,13,14). The Morgan fingerprint density at radius 2 is 2.00 bits per heavy atom. The van der Waals surface area contributed by atoms with Crippen molar-refractivity contribution in [3.63, 3.8) is 0 Å². The maximum absolute atomic E-state index is 10.7. The van der Waals surface area contributed by atoms with Crippen molar-refractivity contribution in [2.24, 2.45) is 5.73 Å². The highest BCUT2D eigenvalue weighted by Crippen LogP contribution is 2.36. The van der Waals surface area contributed by atoms with Crippen LogP contribution >= 0.6 is 27.7 Å². The van der Waals surface area contributed by atoms with Gasteiger partial charge in [-0.25, -0.2) is 0 Å². The molecule has 0 saturated heterocycles. The maximum atomic E-state index is 10.7. The minimum Gasteiger partial charge on any atom is -0.486 e. The van der Waals surface area contributed by atoms with Crippen LogP contribution in [0.4, 0.5) is 0 Å². The Hall–Kier alpha value is -0.880. The first-order valence-corrected chi connectivity index (χ1v) is 7.05. The number of carbonyl (C=O) groups is 1. The molecular weight excluding hydrogens is 306 g/mol. The summed E-state index contributed by atoms with van der Waals surface area (Å²) in [5.74, 6) is 2.24. The molecule has 6 heteroatoms. The fourth-order valence-corrected chi connectivity index (χ4v) is 2.89. The molecule has 0 fully saturated rings. The van der Waals surface area contributed by atoms with Crippen molar-refractivity contribution >= 4 is 33.6 Å². The van der Waals surface area contributed by atoms with E-state index in [9.17, 15) is 4.79 Å². The summed E-state index contributed by atoms with van der Waals surface area (Å²) in [4.78, 5) is 10.7. The molecule has 2 N–H and O–H groups in total. The first kappa shape index (κ1) is 12.6. The lowest BCUT2D eigenvalue weighted by Gasteiger charge is -2.19. The summed E-state index contributed by atoms with van der Waals surface area (Å²) in [5.41, 5.74) is 6.16. The average Bonchev–Trinajstić information content (AvgIpc) is 2.29. The van der Waals surface area contributed by atoms with Gasteiger partial charge in [0.05, 0.1) is 5.75 Å². The van der Waals surface area contributed by atoms with Crippen LogP contribution in [0.25, 0.3) is 0 Å². The number of nitrogens with two attached hydrogens (primary N) is 1. The number of halogens is 1. The summed E-state index contributed by atoms with van der Waals surface area (Å²) >= 11 is 4.96. The fraction of sp³-hybridized carbons (Fsp3) is 0.364. The lowest BCUT2D eigenvalue weighted by Crippen LogP contribution is -2.15. The molecule has 0 unspecified atom stereocenters. The van der Waals surface area contributed by atoms with E-state index in [-0.39, 0.29) is 5.91 Å². The molecule has 92 valence electrons. The molecule has 1 amide bonds. The van der Waals surface area contributed by atoms with Gasteiger partial charge in [0.2, 0.25) is 5.91 Å². The Morgan fingerprint density at radius 3 is 2.65 bits per heavy atom. The Morgan fingerprint density at radius 1 is 1.35 bits per heavy atom. The van der Waals surface area contributed by atoms with Crippen molar-refractivity contribution in [2.45, 2.75) is 5.75 Å². The van der Waals surface area contributed by atoms with E-state index in [0.29, 0.717) is 24.7 Å². The highest BCUT2D eigenvalue weighted by molar-refractivity contribution is 9.10. The maximum Gasteiger partial charge on any atom is 0.227 e. The van der Waals surface area contributed by atoms with Crippen molar-refractivity contribution in [3.8, 4) is 11.5 Å². The van der Waals surface area contributed by atoms with Gasteiger partial charge >= 0.3 is 0 Å². The third-order valence-electron chi connectivity index (χ3n) is 2.21. The van der Waals surface area contributed by atoms with Crippen LogP contribution in [-0.2, 0) is 10.5 Å². The smallest absolute Gasteiger partial charge is 0.227 e. The number of fused-ring (bicyclic) bond motifs is 1. The van der Waals surface area contributed by atoms with Gasteiger partial charge < -0.3 is 15.2 Å². The first-order chi connectivity index (χ1) is 8.16. The number of hydrogen-bond donors (Lipinski definition) is 1. The first-order valence-electron chi connectivity index (χ1n) is 5.11. The van der Waals surface area contributed by atoms with Gasteiger partial charge in [0.25, 0.3) is 0 Å². The molecule has 0 aromatic heterocycles. The molecule has 0 spiro atoms. The van der Waals surface area contributed by atoms with Gasteiger partial charge in [-0.15, -0.1) is 11.8 Å². The SMILES string of the molecule is NC(=O)CSCc1cc2c(cc1Br)OCCO2. The summed E-state index contributed by atoms with van der Waals surface area (Å²) < 4.78 is 11.9. The number of amides is 1. The lowest BCUT2D eigenvalue weighted by atomic mass is 10.2. The predicted octanol–water partition coefficient (Wildman–Crippen LogP) is 1.94. The number of hydrogen-bond acceptors (Lipinski definition) is 4. The number of thioether (sulfide) groups is 1. The quantitative estimate of drug-likeness (QED) is 0.922. The molecule has 0 bridgehead atoms. The van der Waals surface area contributed by atoms with Gasteiger partial charge in [0.15, 0.2) is 11.5 Å². The topological polar surface area (TPSA) is 61.6 Å². The molecular formula is C11H12BrNO3S. The highest BCUT2D eigenvalue weighted by Gasteiger charge is 2.14. The zero-order valence-corrected chi connectivity index (χ0v) is 11.5. The Balaban J connectivity index is 2.09. The van der Waals surface area contributed by atoms with Crippen LogP contribution in [0.5, 0.6) is 11.5 Å². The van der Waals surface area contributed by atoms with E-state index in [1.54, 1.807) is 0 Å². The molecule has 0 aliphatic carbocycles. The minimum atomic E-state index is -0.302. The van der Waals surface area contributed by atoms with Crippen LogP contribution in [0.3, 0.4) is 0 Å². The van der Waals surface area contributed by atoms with Crippen LogP contribution < -0.4 is 15.2 Å². The van der Waals surface area contributed by atoms with E-state index in [4.69, 9.17) is 15.2 Å². The molecule has 0 saturated carbocycles. The second-order valence-electron chi connectivity index (χ2n) is 3.55. The second kappa shape index (κ2) is 5.64. The zero-order valence-electron chi connectivity index (χ0n) is 9.07. The largest absolute Gasteiger partial charge is 0.486 e. The minimum absolute atomic E-state index is 0.302. The van der Waals surface area contributed by atoms with E-state index in [0.717, 1.165) is 21.5 Å². The molecule has 1 aromatic carbocycles. The van der Waals surface area contributed by atoms with Gasteiger partial charge in [0.1, 0.15) is 13.2 Å². The van der Waals surface area contributed by atoms with Gasteiger partial charge in [-0.05, 0) is 17.7 Å². The van der Waals surface area contributed by atoms with Gasteiger partial charge in [-0.3, -0.25) is 4.79 Å². The van der Waals surface area contributed by atoms with Crippen LogP contribution in [0, 0.1) is 0 Å². The summed E-state index contributed by atoms with van der Waals surface area (Å²) in [5, 5.41) is 0. The number of primary amides is 1. The fourth-order valence-electron chi connectivity index (χ4n) is 1.48. The molecule has 17 heavy (non-hydrogen) atoms. The molecule has 2 rings (SSSR count). The van der Waals surface area contributed by atoms with Gasteiger partial charge in [-0.1, -0.05) is 15.9 Å². The molecule has 0 radical (unpaired) electrons. The monoisotopic (exact) mass is 317 g/mol. The lowest BCUT2D eigenvalue weighted by molar-refractivity contribution is -0.115. The normalized spacial score (nSPS) is 13.5. The third-order valence-corrected chi connectivity index (χ3v) is 3.96. The number of benzene rings is 1. The van der Waals surface area contributed by atoms with Gasteiger partial charge in [-0.2, -0.15) is 0 Å². The predicted molar refractivity (Wildman–Crippen MR) is 70.5 cm³/mol. The van der Waals surface area contributed by atoms with Crippen LogP contribution in [0.1, 0.15) is 5.56 Å². The third kappa shape index (κ3) is 3.29. The number of carbonyl (C=O) groups excluding carboxylic acids is 1. The molecule has 1 aliphatic rings. The van der Waals surface area contributed by atoms with Gasteiger partial charge in [0, 0.05) is 10.2 Å². The summed E-state index contributed by atoms with van der Waals surface area (Å²) in [6.07, 6.45) is 0. The van der Waals surface area contributed by atoms with E-state index < -0.39 is 0 Å². The molecule has 0 atom stereocenters. The summed E-state index contributed by atoms with van der Waals surface area (Å²) in [6, 6.07) is 3.83. The van der Waals surface area contributed by atoms with Crippen molar-refractivity contribution in [1.29, 1.82) is 0 Å². The van der Waals surface area contributed by atoms with E-state index in [1.807, 2.05) is 12.1 Å². The Bertz CT molecular complexity index is 439. The zero-order chi connectivity index (χ0) is 12.3. The van der Waals surface area contributed by atoms with E-state index in [1.165, 1.54) is 11.8 Å². The van der Waals surface area contributed by atoms with Crippen molar-refractivity contribution in [2.75, 3.05) is 19.0 Å². The van der Waals surface area contributed by atoms with E-state index >= 15 is 0 Å². The molecule has 1 aromatic rings. The van der Waals surface area contributed by atoms with Crippen LogP contribution in [-0.4, -0.2) is 24.9 Å². The van der Waals surface area contributed by atoms with Crippen molar-refractivity contribution in [3.05, 3.63) is 22.2 Å². The Kier molecular flexibility index (Phi) is 4.17. The molecule has 4 nitrogen and oxygen atoms in total. The summed E-state index contributed by atoms with van der Waals surface area (Å²) in [6.45, 7) is 1.15. The van der Waals surface area contributed by atoms with Crippen LogP contribution in [0.15, 0.2) is 16.6 Å². The number of rotatable bonds is 4. The summed E-state index contributed by atoms with van der Waals surface area (Å²) in [7, 11) is 0. The van der Waals surface area contributed by atoms with Crippen molar-refractivity contribution < 1.29 is 14.3 Å². The molecule has 1 aliphatic heterocycles. The second-order valence-corrected chi connectivity index (χ2v) is 5.39. The van der Waals surface area contributed by atoms with Crippen LogP contribution in [0.2, 0.25) is 0 Å². The highest BCUT2D eigenvalue weighted by atomic mass is 79.9. The number of ether oxygens (including phenoxy) is 2. The molecule has 1 heterocycles. The van der Waals surface area contributed by atoms with E-state index in [2.05, 4.69) is 15.9 Å².